The Hall–Kier alpha value is -1.93. The number of amides is 1. The molecule has 0 spiro atoms. The van der Waals surface area contributed by atoms with Crippen molar-refractivity contribution in [2.75, 3.05) is 20.3 Å². The topological polar surface area (TPSA) is 62.1 Å². The number of benzene rings is 1. The third-order valence-corrected chi connectivity index (χ3v) is 3.78. The number of ether oxygens (including phenoxy) is 1. The number of nitrogens with zero attached hydrogens (tertiary/aromatic N) is 1. The van der Waals surface area contributed by atoms with E-state index >= 15 is 0 Å². The number of nitrogens with one attached hydrogen (secondary N) is 1. The summed E-state index contributed by atoms with van der Waals surface area (Å²) in [6.07, 6.45) is 3.18. The molecule has 1 N–H and O–H groups in total. The maximum Gasteiger partial charge on any atom is 0.251 e. The van der Waals surface area contributed by atoms with Crippen LogP contribution in [0.25, 0.3) is 0 Å². The molecule has 0 bridgehead atoms. The largest absolute Gasteiger partial charge is 0.384 e. The first kappa shape index (κ1) is 14.5. The van der Waals surface area contributed by atoms with Gasteiger partial charge in [0.05, 0.1) is 18.2 Å². The van der Waals surface area contributed by atoms with Crippen molar-refractivity contribution >= 4 is 5.91 Å². The van der Waals surface area contributed by atoms with E-state index in [2.05, 4.69) is 5.32 Å². The molecule has 4 nitrogen and oxygen atoms in total. The second-order valence-corrected chi connectivity index (χ2v) is 5.31. The highest BCUT2D eigenvalue weighted by Crippen LogP contribution is 2.40. The van der Waals surface area contributed by atoms with E-state index in [4.69, 9.17) is 10.00 Å². The van der Waals surface area contributed by atoms with Crippen molar-refractivity contribution in [3.8, 4) is 6.07 Å². The molecule has 2 rings (SSSR count). The lowest BCUT2D eigenvalue weighted by molar-refractivity contribution is 0.0180. The van der Waals surface area contributed by atoms with Gasteiger partial charge in [0.1, 0.15) is 5.82 Å². The molecular weight excluding hydrogens is 259 g/mol. The summed E-state index contributed by atoms with van der Waals surface area (Å²) in [7, 11) is 1.65. The lowest BCUT2D eigenvalue weighted by atomic mass is 9.69. The van der Waals surface area contributed by atoms with E-state index in [1.807, 2.05) is 6.07 Å². The molecule has 1 aliphatic rings. The number of hydrogen-bond acceptors (Lipinski definition) is 3. The SMILES string of the molecule is COCC1(CNC(=O)c2cc(F)cc(C#N)c2)CCC1. The van der Waals surface area contributed by atoms with E-state index in [0.29, 0.717) is 13.2 Å². The van der Waals surface area contributed by atoms with Gasteiger partial charge in [-0.25, -0.2) is 4.39 Å². The van der Waals surface area contributed by atoms with Gasteiger partial charge in [0.25, 0.3) is 5.91 Å². The highest BCUT2D eigenvalue weighted by molar-refractivity contribution is 5.94. The lowest BCUT2D eigenvalue weighted by Crippen LogP contribution is -2.45. The van der Waals surface area contributed by atoms with Gasteiger partial charge in [0.2, 0.25) is 0 Å². The van der Waals surface area contributed by atoms with E-state index in [1.54, 1.807) is 7.11 Å². The van der Waals surface area contributed by atoms with Crippen LogP contribution in [0.5, 0.6) is 0 Å². The van der Waals surface area contributed by atoms with Crippen molar-refractivity contribution in [1.29, 1.82) is 5.26 Å². The predicted molar refractivity (Wildman–Crippen MR) is 71.6 cm³/mol. The van der Waals surface area contributed by atoms with Crippen molar-refractivity contribution in [2.24, 2.45) is 5.41 Å². The molecule has 1 aromatic rings. The molecule has 0 saturated heterocycles. The average Bonchev–Trinajstić information content (AvgIpc) is 2.40. The Labute approximate surface area is 117 Å². The van der Waals surface area contributed by atoms with E-state index in [-0.39, 0.29) is 22.4 Å². The zero-order chi connectivity index (χ0) is 14.6. The zero-order valence-corrected chi connectivity index (χ0v) is 11.4. The van der Waals surface area contributed by atoms with Crippen LogP contribution in [0.1, 0.15) is 35.2 Å². The number of nitriles is 1. The Bertz CT molecular complexity index is 547. The summed E-state index contributed by atoms with van der Waals surface area (Å²) in [5.41, 5.74) is 0.328. The summed E-state index contributed by atoms with van der Waals surface area (Å²) in [6, 6.07) is 5.47. The van der Waals surface area contributed by atoms with E-state index in [9.17, 15) is 9.18 Å². The number of halogens is 1. The molecule has 106 valence electrons. The zero-order valence-electron chi connectivity index (χ0n) is 11.4. The predicted octanol–water partition coefficient (Wildman–Crippen LogP) is 2.24. The number of methoxy groups -OCH3 is 1. The molecular formula is C15H17FN2O2. The van der Waals surface area contributed by atoms with E-state index < -0.39 is 5.82 Å². The van der Waals surface area contributed by atoms with Gasteiger partial charge >= 0.3 is 0 Å². The normalized spacial score (nSPS) is 16.1. The number of rotatable bonds is 5. The van der Waals surface area contributed by atoms with Crippen molar-refractivity contribution in [3.63, 3.8) is 0 Å². The van der Waals surface area contributed by atoms with Gasteiger partial charge in [0, 0.05) is 24.6 Å². The van der Waals surface area contributed by atoms with Gasteiger partial charge < -0.3 is 10.1 Å². The van der Waals surface area contributed by atoms with Gasteiger partial charge in [-0.05, 0) is 31.0 Å². The number of hydrogen-bond donors (Lipinski definition) is 1. The molecule has 20 heavy (non-hydrogen) atoms. The summed E-state index contributed by atoms with van der Waals surface area (Å²) < 4.78 is 18.5. The van der Waals surface area contributed by atoms with Crippen LogP contribution in [-0.4, -0.2) is 26.2 Å². The van der Waals surface area contributed by atoms with Crippen LogP contribution in [0.3, 0.4) is 0 Å². The second-order valence-electron chi connectivity index (χ2n) is 5.31. The first-order chi connectivity index (χ1) is 9.58. The standard InChI is InChI=1S/C15H17FN2O2/c1-20-10-15(3-2-4-15)9-18-14(19)12-5-11(8-17)6-13(16)7-12/h5-7H,2-4,9-10H2,1H3,(H,18,19). The maximum atomic E-state index is 13.3. The smallest absolute Gasteiger partial charge is 0.251 e. The van der Waals surface area contributed by atoms with Crippen molar-refractivity contribution in [3.05, 3.63) is 35.1 Å². The Morgan fingerprint density at radius 2 is 2.25 bits per heavy atom. The first-order valence-electron chi connectivity index (χ1n) is 6.56. The van der Waals surface area contributed by atoms with Crippen LogP contribution in [0, 0.1) is 22.6 Å². The van der Waals surface area contributed by atoms with Gasteiger partial charge in [-0.2, -0.15) is 5.26 Å². The van der Waals surface area contributed by atoms with Gasteiger partial charge in [0.15, 0.2) is 0 Å². The molecule has 0 heterocycles. The van der Waals surface area contributed by atoms with E-state index in [0.717, 1.165) is 31.4 Å². The molecule has 1 aliphatic carbocycles. The number of carbonyl (C=O) groups is 1. The molecule has 0 unspecified atom stereocenters. The fourth-order valence-corrected chi connectivity index (χ4v) is 2.51. The monoisotopic (exact) mass is 276 g/mol. The summed E-state index contributed by atoms with van der Waals surface area (Å²) >= 11 is 0. The quantitative estimate of drug-likeness (QED) is 0.897. The van der Waals surface area contributed by atoms with Crippen LogP contribution in [0.4, 0.5) is 4.39 Å². The first-order valence-corrected chi connectivity index (χ1v) is 6.56. The summed E-state index contributed by atoms with van der Waals surface area (Å²) in [5, 5.41) is 11.6. The molecule has 0 atom stereocenters. The minimum absolute atomic E-state index is 0.00972. The minimum Gasteiger partial charge on any atom is -0.384 e. The van der Waals surface area contributed by atoms with Crippen LogP contribution >= 0.6 is 0 Å². The maximum absolute atomic E-state index is 13.3. The van der Waals surface area contributed by atoms with Crippen LogP contribution in [-0.2, 0) is 4.74 Å². The van der Waals surface area contributed by atoms with Crippen LogP contribution in [0.15, 0.2) is 18.2 Å². The van der Waals surface area contributed by atoms with Crippen LogP contribution < -0.4 is 5.32 Å². The minimum atomic E-state index is -0.579. The fourth-order valence-electron chi connectivity index (χ4n) is 2.51. The molecule has 0 radical (unpaired) electrons. The molecule has 0 aromatic heterocycles. The molecule has 5 heteroatoms. The Morgan fingerprint density at radius 3 is 2.80 bits per heavy atom. The Morgan fingerprint density at radius 1 is 1.50 bits per heavy atom. The highest BCUT2D eigenvalue weighted by Gasteiger charge is 2.37. The van der Waals surface area contributed by atoms with Gasteiger partial charge in [-0.1, -0.05) is 6.42 Å². The van der Waals surface area contributed by atoms with Gasteiger partial charge in [-0.3, -0.25) is 4.79 Å². The van der Waals surface area contributed by atoms with Crippen molar-refractivity contribution in [1.82, 2.24) is 5.32 Å². The molecule has 1 fully saturated rings. The third kappa shape index (κ3) is 3.14. The lowest BCUT2D eigenvalue weighted by Gasteiger charge is -2.41. The highest BCUT2D eigenvalue weighted by atomic mass is 19.1. The average molecular weight is 276 g/mol. The van der Waals surface area contributed by atoms with Crippen molar-refractivity contribution in [2.45, 2.75) is 19.3 Å². The Kier molecular flexibility index (Phi) is 4.35. The Balaban J connectivity index is 2.02. The van der Waals surface area contributed by atoms with Gasteiger partial charge in [-0.15, -0.1) is 0 Å². The second kappa shape index (κ2) is 6.02. The molecule has 1 saturated carbocycles. The summed E-state index contributed by atoms with van der Waals surface area (Å²) in [6.45, 7) is 1.12. The molecule has 1 aromatic carbocycles. The summed E-state index contributed by atoms with van der Waals surface area (Å²) in [4.78, 5) is 12.0. The fraction of sp³-hybridized carbons (Fsp3) is 0.467. The summed E-state index contributed by atoms with van der Waals surface area (Å²) in [5.74, 6) is -0.937. The van der Waals surface area contributed by atoms with Crippen LogP contribution in [0.2, 0.25) is 0 Å². The number of carbonyl (C=O) groups excluding carboxylic acids is 1. The third-order valence-electron chi connectivity index (χ3n) is 3.78. The molecule has 0 aliphatic heterocycles. The van der Waals surface area contributed by atoms with E-state index in [1.165, 1.54) is 6.07 Å². The van der Waals surface area contributed by atoms with Crippen molar-refractivity contribution < 1.29 is 13.9 Å². The molecule has 1 amide bonds.